The molecule has 2 bridgehead atoms. The monoisotopic (exact) mass is 419 g/mol. The molecule has 2 aromatic heterocycles. The molecule has 8 heteroatoms. The van der Waals surface area contributed by atoms with Gasteiger partial charge in [0.1, 0.15) is 24.2 Å². The van der Waals surface area contributed by atoms with Crippen LogP contribution in [0.3, 0.4) is 0 Å². The molecular formula is C23H25N5O3. The molecule has 0 N–H and O–H groups in total. The summed E-state index contributed by atoms with van der Waals surface area (Å²) in [6.45, 7) is 1.42. The minimum absolute atomic E-state index is 0.0338. The Labute approximate surface area is 181 Å². The third kappa shape index (κ3) is 3.70. The number of ether oxygens (including phenoxy) is 2. The first kappa shape index (κ1) is 19.8. The third-order valence-electron chi connectivity index (χ3n) is 6.63. The molecule has 1 saturated carbocycles. The first-order valence-corrected chi connectivity index (χ1v) is 10.7. The summed E-state index contributed by atoms with van der Waals surface area (Å²) in [7, 11) is 1.62. The van der Waals surface area contributed by atoms with Crippen LogP contribution in [0, 0.1) is 11.3 Å². The number of carbonyl (C=O) groups is 1. The summed E-state index contributed by atoms with van der Waals surface area (Å²) in [5, 5.41) is 8.99. The number of fused-ring (bicyclic) bond motifs is 2. The molecule has 1 aliphatic carbocycles. The van der Waals surface area contributed by atoms with Gasteiger partial charge in [-0.15, -0.1) is 0 Å². The smallest absolute Gasteiger partial charge is 0.248 e. The van der Waals surface area contributed by atoms with Gasteiger partial charge in [0.25, 0.3) is 0 Å². The van der Waals surface area contributed by atoms with Gasteiger partial charge in [-0.05, 0) is 43.9 Å². The number of piperazine rings is 1. The Morgan fingerprint density at radius 2 is 2.00 bits per heavy atom. The molecule has 3 fully saturated rings. The summed E-state index contributed by atoms with van der Waals surface area (Å²) in [5.41, 5.74) is 1.11. The van der Waals surface area contributed by atoms with Crippen molar-refractivity contribution in [3.8, 4) is 11.8 Å². The van der Waals surface area contributed by atoms with Crippen LogP contribution in [0.15, 0.2) is 36.8 Å². The second-order valence-electron chi connectivity index (χ2n) is 8.50. The molecule has 0 spiro atoms. The number of amides is 1. The highest BCUT2D eigenvalue weighted by molar-refractivity contribution is 5.78. The highest BCUT2D eigenvalue weighted by atomic mass is 16.5. The Bertz CT molecular complexity index is 1000. The zero-order valence-electron chi connectivity index (χ0n) is 17.5. The van der Waals surface area contributed by atoms with Crippen LogP contribution in [0.5, 0.6) is 5.75 Å². The van der Waals surface area contributed by atoms with Crippen molar-refractivity contribution in [2.45, 2.75) is 43.4 Å². The van der Waals surface area contributed by atoms with E-state index in [2.05, 4.69) is 20.9 Å². The highest BCUT2D eigenvalue weighted by Crippen LogP contribution is 2.49. The van der Waals surface area contributed by atoms with Gasteiger partial charge in [0.05, 0.1) is 24.5 Å². The molecule has 2 atom stereocenters. The van der Waals surface area contributed by atoms with Crippen LogP contribution >= 0.6 is 0 Å². The van der Waals surface area contributed by atoms with E-state index in [1.54, 1.807) is 31.8 Å². The standard InChI is InChI=1S/C23H25N5O3/c1-30-20-8-17(11-25-12-20)23(6-7-23)31-15-22(29)27-13-18-3-4-19(14-27)28(18)21-5-2-16(9-24)10-26-21/h2,5,8,10-12,18-19H,3-4,6-7,13-15H2,1H3. The van der Waals surface area contributed by atoms with E-state index in [0.717, 1.165) is 37.1 Å². The van der Waals surface area contributed by atoms with E-state index in [4.69, 9.17) is 14.7 Å². The molecule has 4 heterocycles. The van der Waals surface area contributed by atoms with Crippen molar-refractivity contribution in [3.63, 3.8) is 0 Å². The number of nitrogens with zero attached hydrogens (tertiary/aromatic N) is 5. The second kappa shape index (κ2) is 7.82. The number of hydrogen-bond donors (Lipinski definition) is 0. The normalized spacial score (nSPS) is 23.4. The van der Waals surface area contributed by atoms with Crippen molar-refractivity contribution in [1.29, 1.82) is 5.26 Å². The van der Waals surface area contributed by atoms with E-state index in [-0.39, 0.29) is 24.6 Å². The van der Waals surface area contributed by atoms with Gasteiger partial charge in [-0.2, -0.15) is 5.26 Å². The first-order chi connectivity index (χ1) is 15.1. The molecule has 0 aromatic carbocycles. The lowest BCUT2D eigenvalue weighted by Gasteiger charge is -2.41. The van der Waals surface area contributed by atoms with E-state index >= 15 is 0 Å². The predicted octanol–water partition coefficient (Wildman–Crippen LogP) is 2.24. The lowest BCUT2D eigenvalue weighted by Crippen LogP contribution is -2.56. The van der Waals surface area contributed by atoms with Crippen LogP contribution in [0.1, 0.15) is 36.8 Å². The minimum Gasteiger partial charge on any atom is -0.495 e. The zero-order valence-corrected chi connectivity index (χ0v) is 17.5. The number of pyridine rings is 2. The maximum atomic E-state index is 13.0. The molecule has 2 unspecified atom stereocenters. The van der Waals surface area contributed by atoms with Gasteiger partial charge in [0, 0.05) is 43.1 Å². The molecule has 2 saturated heterocycles. The van der Waals surface area contributed by atoms with Crippen molar-refractivity contribution >= 4 is 11.7 Å². The predicted molar refractivity (Wildman–Crippen MR) is 112 cm³/mol. The third-order valence-corrected chi connectivity index (χ3v) is 6.63. The van der Waals surface area contributed by atoms with Crippen molar-refractivity contribution in [2.75, 3.05) is 31.7 Å². The van der Waals surface area contributed by atoms with Gasteiger partial charge in [-0.3, -0.25) is 9.78 Å². The number of aromatic nitrogens is 2. The summed E-state index contributed by atoms with van der Waals surface area (Å²) in [6.07, 6.45) is 8.93. The summed E-state index contributed by atoms with van der Waals surface area (Å²) >= 11 is 0. The Balaban J connectivity index is 1.21. The number of nitriles is 1. The summed E-state index contributed by atoms with van der Waals surface area (Å²) in [6, 6.07) is 8.25. The molecule has 2 aromatic rings. The zero-order chi connectivity index (χ0) is 21.4. The van der Waals surface area contributed by atoms with Crippen LogP contribution < -0.4 is 9.64 Å². The first-order valence-electron chi connectivity index (χ1n) is 10.7. The Morgan fingerprint density at radius 3 is 2.61 bits per heavy atom. The molecule has 31 heavy (non-hydrogen) atoms. The van der Waals surface area contributed by atoms with E-state index in [0.29, 0.717) is 24.4 Å². The summed E-state index contributed by atoms with van der Waals surface area (Å²) in [4.78, 5) is 25.9. The topological polar surface area (TPSA) is 91.6 Å². The molecule has 2 aliphatic heterocycles. The molecule has 8 nitrogen and oxygen atoms in total. The molecule has 5 rings (SSSR count). The average Bonchev–Trinajstić information content (AvgIpc) is 3.57. The van der Waals surface area contributed by atoms with E-state index in [1.807, 2.05) is 17.0 Å². The van der Waals surface area contributed by atoms with E-state index in [1.165, 1.54) is 0 Å². The molecule has 160 valence electrons. The summed E-state index contributed by atoms with van der Waals surface area (Å²) in [5.74, 6) is 1.62. The SMILES string of the molecule is COc1cncc(C2(OCC(=O)N3CC4CCC(C3)N4c3ccc(C#N)cn3)CC2)c1. The fourth-order valence-electron chi connectivity index (χ4n) is 4.79. The summed E-state index contributed by atoms with van der Waals surface area (Å²) < 4.78 is 11.4. The maximum absolute atomic E-state index is 13.0. The average molecular weight is 419 g/mol. The fraction of sp³-hybridized carbons (Fsp3) is 0.478. The van der Waals surface area contributed by atoms with E-state index < -0.39 is 5.60 Å². The van der Waals surface area contributed by atoms with Crippen LogP contribution in [0.25, 0.3) is 0 Å². The lowest BCUT2D eigenvalue weighted by molar-refractivity contribution is -0.140. The fourth-order valence-corrected chi connectivity index (χ4v) is 4.79. The molecule has 3 aliphatic rings. The van der Waals surface area contributed by atoms with Crippen LogP contribution in [0.2, 0.25) is 0 Å². The largest absolute Gasteiger partial charge is 0.495 e. The van der Waals surface area contributed by atoms with Crippen LogP contribution in [0.4, 0.5) is 5.82 Å². The number of rotatable bonds is 6. The van der Waals surface area contributed by atoms with Crippen molar-refractivity contribution in [1.82, 2.24) is 14.9 Å². The lowest BCUT2D eigenvalue weighted by atomic mass is 10.1. The Kier molecular flexibility index (Phi) is 4.98. The van der Waals surface area contributed by atoms with Crippen LogP contribution in [-0.4, -0.2) is 59.7 Å². The van der Waals surface area contributed by atoms with Crippen LogP contribution in [-0.2, 0) is 15.1 Å². The molecular weight excluding hydrogens is 394 g/mol. The maximum Gasteiger partial charge on any atom is 0.248 e. The highest BCUT2D eigenvalue weighted by Gasteiger charge is 2.47. The number of anilines is 1. The van der Waals surface area contributed by atoms with Gasteiger partial charge in [-0.1, -0.05) is 0 Å². The van der Waals surface area contributed by atoms with Gasteiger partial charge >= 0.3 is 0 Å². The number of hydrogen-bond acceptors (Lipinski definition) is 7. The quantitative estimate of drug-likeness (QED) is 0.709. The molecule has 0 radical (unpaired) electrons. The van der Waals surface area contributed by atoms with Gasteiger partial charge in [-0.25, -0.2) is 4.98 Å². The number of carbonyl (C=O) groups excluding carboxylic acids is 1. The number of methoxy groups -OCH3 is 1. The van der Waals surface area contributed by atoms with Gasteiger partial charge < -0.3 is 19.3 Å². The second-order valence-corrected chi connectivity index (χ2v) is 8.50. The minimum atomic E-state index is -0.412. The van der Waals surface area contributed by atoms with Crippen molar-refractivity contribution in [3.05, 3.63) is 47.9 Å². The van der Waals surface area contributed by atoms with Gasteiger partial charge in [0.2, 0.25) is 5.91 Å². The van der Waals surface area contributed by atoms with Gasteiger partial charge in [0.15, 0.2) is 0 Å². The Hall–Kier alpha value is -3.18. The number of likely N-dealkylation sites (tertiary alicyclic amines) is 1. The molecule has 1 amide bonds. The Morgan fingerprint density at radius 1 is 1.23 bits per heavy atom. The van der Waals surface area contributed by atoms with Crippen molar-refractivity contribution in [2.24, 2.45) is 0 Å². The van der Waals surface area contributed by atoms with Crippen molar-refractivity contribution < 1.29 is 14.3 Å². The van der Waals surface area contributed by atoms with E-state index in [9.17, 15) is 4.79 Å².